The first-order valence-corrected chi connectivity index (χ1v) is 9.09. The fourth-order valence-electron chi connectivity index (χ4n) is 3.10. The molecule has 2 aliphatic rings. The van der Waals surface area contributed by atoms with Crippen molar-refractivity contribution in [1.82, 2.24) is 10.2 Å². The van der Waals surface area contributed by atoms with Gasteiger partial charge in [-0.15, -0.1) is 0 Å². The van der Waals surface area contributed by atoms with Crippen LogP contribution in [-0.4, -0.2) is 63.3 Å². The molecule has 6 heteroatoms. The Morgan fingerprint density at radius 2 is 1.96 bits per heavy atom. The van der Waals surface area contributed by atoms with Crippen LogP contribution in [0.3, 0.4) is 0 Å². The van der Waals surface area contributed by atoms with Gasteiger partial charge in [-0.25, -0.2) is 0 Å². The maximum atomic E-state index is 6.33. The Balaban J connectivity index is 1.60. The Kier molecular flexibility index (Phi) is 5.51. The van der Waals surface area contributed by atoms with Crippen LogP contribution in [0.15, 0.2) is 29.3 Å². The lowest BCUT2D eigenvalue weighted by molar-refractivity contribution is -0.0946. The zero-order valence-corrected chi connectivity index (χ0v) is 15.4. The summed E-state index contributed by atoms with van der Waals surface area (Å²) in [6, 6.07) is 8.06. The van der Waals surface area contributed by atoms with Crippen LogP contribution in [0.5, 0.6) is 0 Å². The number of halogens is 1. The van der Waals surface area contributed by atoms with E-state index in [4.69, 9.17) is 21.3 Å². The Morgan fingerprint density at radius 1 is 1.25 bits per heavy atom. The minimum atomic E-state index is 0.208. The van der Waals surface area contributed by atoms with Crippen molar-refractivity contribution in [3.63, 3.8) is 0 Å². The summed E-state index contributed by atoms with van der Waals surface area (Å²) in [5.41, 5.74) is 1.33. The smallest absolute Gasteiger partial charge is 0.194 e. The topological polar surface area (TPSA) is 40.1 Å². The molecule has 0 radical (unpaired) electrons. The molecule has 2 heterocycles. The maximum Gasteiger partial charge on any atom is 0.194 e. The summed E-state index contributed by atoms with van der Waals surface area (Å²) in [5.74, 6) is 1.02. The van der Waals surface area contributed by atoms with Gasteiger partial charge in [-0.2, -0.15) is 0 Å². The van der Waals surface area contributed by atoms with Crippen molar-refractivity contribution in [2.75, 3.05) is 57.4 Å². The lowest BCUT2D eigenvalue weighted by atomic mass is 9.89. The second-order valence-corrected chi connectivity index (χ2v) is 7.31. The van der Waals surface area contributed by atoms with Crippen molar-refractivity contribution in [3.05, 3.63) is 29.3 Å². The number of piperazine rings is 1. The molecule has 0 bridgehead atoms. The number of ether oxygens (including phenoxy) is 1. The number of aliphatic imine (C=N–C) groups is 1. The highest BCUT2D eigenvalue weighted by molar-refractivity contribution is 6.33. The fraction of sp³-hybridized carbons (Fsp3) is 0.611. The third-order valence-corrected chi connectivity index (χ3v) is 4.94. The van der Waals surface area contributed by atoms with Gasteiger partial charge >= 0.3 is 0 Å². The molecule has 0 unspecified atom stereocenters. The quantitative estimate of drug-likeness (QED) is 0.669. The van der Waals surface area contributed by atoms with Crippen LogP contribution in [0.4, 0.5) is 5.69 Å². The van der Waals surface area contributed by atoms with E-state index in [2.05, 4.69) is 35.0 Å². The number of nitrogens with one attached hydrogen (secondary N) is 1. The molecule has 3 rings (SSSR count). The van der Waals surface area contributed by atoms with Gasteiger partial charge in [0.1, 0.15) is 0 Å². The molecular weight excluding hydrogens is 324 g/mol. The molecule has 0 saturated carbocycles. The first-order chi connectivity index (χ1) is 11.6. The fourth-order valence-corrected chi connectivity index (χ4v) is 3.36. The van der Waals surface area contributed by atoms with Crippen LogP contribution < -0.4 is 10.2 Å². The van der Waals surface area contributed by atoms with Gasteiger partial charge in [0, 0.05) is 38.1 Å². The van der Waals surface area contributed by atoms with E-state index < -0.39 is 0 Å². The van der Waals surface area contributed by atoms with Gasteiger partial charge in [0.2, 0.25) is 0 Å². The molecule has 1 aromatic rings. The second kappa shape index (κ2) is 7.62. The molecule has 24 heavy (non-hydrogen) atoms. The summed E-state index contributed by atoms with van der Waals surface area (Å²) >= 11 is 6.33. The summed E-state index contributed by atoms with van der Waals surface area (Å²) in [6.07, 6.45) is 0. The predicted octanol–water partition coefficient (Wildman–Crippen LogP) is 2.46. The van der Waals surface area contributed by atoms with Crippen LogP contribution in [0.2, 0.25) is 5.02 Å². The zero-order valence-electron chi connectivity index (χ0n) is 14.6. The number of anilines is 1. The van der Waals surface area contributed by atoms with Crippen LogP contribution in [0.1, 0.15) is 13.8 Å². The van der Waals surface area contributed by atoms with Crippen LogP contribution in [-0.2, 0) is 4.74 Å². The molecule has 1 N–H and O–H groups in total. The van der Waals surface area contributed by atoms with Crippen molar-refractivity contribution in [1.29, 1.82) is 0 Å². The number of nitrogens with zero attached hydrogens (tertiary/aromatic N) is 3. The Hall–Kier alpha value is -1.46. The van der Waals surface area contributed by atoms with E-state index >= 15 is 0 Å². The number of hydrogen-bond donors (Lipinski definition) is 1. The van der Waals surface area contributed by atoms with Gasteiger partial charge in [-0.3, -0.25) is 4.99 Å². The number of para-hydroxylation sites is 1. The number of guanidine groups is 1. The molecular formula is C18H27ClN4O. The largest absolute Gasteiger partial charge is 0.380 e. The molecule has 5 nitrogen and oxygen atoms in total. The van der Waals surface area contributed by atoms with E-state index in [1.807, 2.05) is 18.2 Å². The average molecular weight is 351 g/mol. The summed E-state index contributed by atoms with van der Waals surface area (Å²) in [4.78, 5) is 9.55. The molecule has 0 spiro atoms. The highest BCUT2D eigenvalue weighted by atomic mass is 35.5. The van der Waals surface area contributed by atoms with E-state index in [1.54, 1.807) is 0 Å². The van der Waals surface area contributed by atoms with Crippen LogP contribution in [0, 0.1) is 5.41 Å². The lowest BCUT2D eigenvalue weighted by Gasteiger charge is -2.39. The molecule has 0 amide bonds. The van der Waals surface area contributed by atoms with Gasteiger partial charge in [0.25, 0.3) is 0 Å². The Bertz CT molecular complexity index is 580. The third-order valence-electron chi connectivity index (χ3n) is 4.62. The third kappa shape index (κ3) is 3.95. The minimum absolute atomic E-state index is 0.208. The Labute approximate surface area is 149 Å². The maximum absolute atomic E-state index is 6.33. The molecule has 2 fully saturated rings. The summed E-state index contributed by atoms with van der Waals surface area (Å²) < 4.78 is 5.33. The van der Waals surface area contributed by atoms with Crippen molar-refractivity contribution in [2.24, 2.45) is 10.4 Å². The average Bonchev–Trinajstić information content (AvgIpc) is 2.58. The van der Waals surface area contributed by atoms with E-state index in [-0.39, 0.29) is 5.41 Å². The van der Waals surface area contributed by atoms with E-state index in [0.717, 1.165) is 69.2 Å². The normalized spacial score (nSPS) is 20.7. The SMILES string of the molecule is CCNC(=NCC1(C)COC1)N1CCN(c2ccccc2Cl)CC1. The zero-order chi connectivity index (χ0) is 17.0. The van der Waals surface area contributed by atoms with E-state index in [9.17, 15) is 0 Å². The highest BCUT2D eigenvalue weighted by Gasteiger charge is 2.33. The van der Waals surface area contributed by atoms with E-state index in [0.29, 0.717) is 0 Å². The van der Waals surface area contributed by atoms with Gasteiger partial charge in [-0.05, 0) is 19.1 Å². The summed E-state index contributed by atoms with van der Waals surface area (Å²) in [7, 11) is 0. The molecule has 0 atom stereocenters. The van der Waals surface area contributed by atoms with E-state index in [1.165, 1.54) is 0 Å². The van der Waals surface area contributed by atoms with Crippen molar-refractivity contribution in [2.45, 2.75) is 13.8 Å². The molecule has 0 aromatic heterocycles. The van der Waals surface area contributed by atoms with Gasteiger partial charge in [-0.1, -0.05) is 30.7 Å². The predicted molar refractivity (Wildman–Crippen MR) is 100 cm³/mol. The highest BCUT2D eigenvalue weighted by Crippen LogP contribution is 2.27. The summed E-state index contributed by atoms with van der Waals surface area (Å²) in [5, 5.41) is 4.25. The van der Waals surface area contributed by atoms with Crippen molar-refractivity contribution < 1.29 is 4.74 Å². The van der Waals surface area contributed by atoms with Crippen LogP contribution >= 0.6 is 11.6 Å². The minimum Gasteiger partial charge on any atom is -0.380 e. The Morgan fingerprint density at radius 3 is 2.54 bits per heavy atom. The number of hydrogen-bond acceptors (Lipinski definition) is 3. The first-order valence-electron chi connectivity index (χ1n) is 8.72. The molecule has 2 saturated heterocycles. The van der Waals surface area contributed by atoms with Gasteiger partial charge in [0.05, 0.1) is 30.5 Å². The van der Waals surface area contributed by atoms with Crippen molar-refractivity contribution >= 4 is 23.2 Å². The molecule has 0 aliphatic carbocycles. The van der Waals surface area contributed by atoms with Gasteiger partial charge < -0.3 is 19.9 Å². The lowest BCUT2D eigenvalue weighted by Crippen LogP contribution is -2.53. The standard InChI is InChI=1S/C18H27ClN4O/c1-3-20-17(21-12-18(2)13-24-14-18)23-10-8-22(9-11-23)16-7-5-4-6-15(16)19/h4-7H,3,8-14H2,1-2H3,(H,20,21). The van der Waals surface area contributed by atoms with Crippen LogP contribution in [0.25, 0.3) is 0 Å². The first kappa shape index (κ1) is 17.4. The molecule has 1 aromatic carbocycles. The van der Waals surface area contributed by atoms with Crippen molar-refractivity contribution in [3.8, 4) is 0 Å². The molecule has 2 aliphatic heterocycles. The monoisotopic (exact) mass is 350 g/mol. The second-order valence-electron chi connectivity index (χ2n) is 6.90. The molecule has 132 valence electrons. The number of benzene rings is 1. The number of rotatable bonds is 4. The van der Waals surface area contributed by atoms with Gasteiger partial charge in [0.15, 0.2) is 5.96 Å². The summed E-state index contributed by atoms with van der Waals surface area (Å²) in [6.45, 7) is 11.5.